The van der Waals surface area contributed by atoms with E-state index in [1.807, 2.05) is 55.5 Å². The smallest absolute Gasteiger partial charge is 0.320 e. The summed E-state index contributed by atoms with van der Waals surface area (Å²) in [5, 5.41) is 14.0. The summed E-state index contributed by atoms with van der Waals surface area (Å²) in [7, 11) is 3.24. The number of hydrogen-bond acceptors (Lipinski definition) is 7. The number of benzene rings is 2. The second-order valence-electron chi connectivity index (χ2n) is 11.5. The van der Waals surface area contributed by atoms with Crippen LogP contribution in [0, 0.1) is 6.92 Å². The number of carbonyl (C=O) groups is 2. The molecule has 4 aromatic rings. The van der Waals surface area contributed by atoms with Gasteiger partial charge in [-0.1, -0.05) is 48.5 Å². The highest BCUT2D eigenvalue weighted by Gasteiger charge is 2.35. The van der Waals surface area contributed by atoms with E-state index in [4.69, 9.17) is 14.6 Å². The Hall–Kier alpha value is -4.78. The second-order valence-corrected chi connectivity index (χ2v) is 11.5. The number of para-hydroxylation sites is 1. The van der Waals surface area contributed by atoms with E-state index in [0.717, 1.165) is 24.3 Å². The highest BCUT2D eigenvalue weighted by atomic mass is 16.5. The Kier molecular flexibility index (Phi) is 11.2. The number of nitrogens with one attached hydrogen (secondary N) is 3. The second kappa shape index (κ2) is 15.7. The zero-order valence-electron chi connectivity index (χ0n) is 27.4. The van der Waals surface area contributed by atoms with Crippen molar-refractivity contribution in [2.75, 3.05) is 58.9 Å². The number of urea groups is 1. The molecule has 0 saturated carbocycles. The van der Waals surface area contributed by atoms with E-state index < -0.39 is 11.5 Å². The van der Waals surface area contributed by atoms with Crippen LogP contribution in [0.4, 0.5) is 10.6 Å². The van der Waals surface area contributed by atoms with E-state index in [2.05, 4.69) is 33.0 Å². The van der Waals surface area contributed by atoms with Crippen LogP contribution in [0.1, 0.15) is 34.3 Å². The van der Waals surface area contributed by atoms with Gasteiger partial charge in [0.15, 0.2) is 0 Å². The molecule has 1 fully saturated rings. The number of ether oxygens (including phenoxy) is 2. The minimum atomic E-state index is -0.465. The van der Waals surface area contributed by atoms with Crippen LogP contribution in [0.25, 0.3) is 16.9 Å². The van der Waals surface area contributed by atoms with Gasteiger partial charge in [0.1, 0.15) is 11.4 Å². The number of rotatable bonds is 13. The molecule has 2 atom stereocenters. The quantitative estimate of drug-likeness (QED) is 0.203. The van der Waals surface area contributed by atoms with Gasteiger partial charge in [-0.25, -0.2) is 9.48 Å². The lowest BCUT2D eigenvalue weighted by Gasteiger charge is -2.21. The molecule has 2 aromatic carbocycles. The van der Waals surface area contributed by atoms with Crippen molar-refractivity contribution in [3.8, 4) is 16.9 Å². The summed E-state index contributed by atoms with van der Waals surface area (Å²) in [5.41, 5.74) is 3.25. The molecule has 3 heterocycles. The number of carbonyl (C=O) groups excluding carboxylic acids is 2. The monoisotopic (exact) mass is 641 g/mol. The molecule has 12 nitrogen and oxygen atoms in total. The number of nitrogens with zero attached hydrogens (tertiary/aromatic N) is 4. The summed E-state index contributed by atoms with van der Waals surface area (Å²) in [6.45, 7) is 7.45. The van der Waals surface area contributed by atoms with Gasteiger partial charge in [-0.15, -0.1) is 0 Å². The third kappa shape index (κ3) is 7.79. The van der Waals surface area contributed by atoms with Gasteiger partial charge in [-0.05, 0) is 37.6 Å². The van der Waals surface area contributed by atoms with Crippen LogP contribution in [0.5, 0.6) is 0 Å². The maximum atomic E-state index is 13.8. The topological polar surface area (TPSA) is 132 Å². The van der Waals surface area contributed by atoms with Crippen LogP contribution in [0.2, 0.25) is 0 Å². The molecule has 0 bridgehead atoms. The van der Waals surface area contributed by atoms with Gasteiger partial charge in [0.25, 0.3) is 11.5 Å². The molecule has 0 spiro atoms. The Balaban J connectivity index is 1.50. The zero-order valence-corrected chi connectivity index (χ0v) is 27.4. The molecule has 3 N–H and O–H groups in total. The fourth-order valence-electron chi connectivity index (χ4n) is 6.00. The van der Waals surface area contributed by atoms with Crippen LogP contribution < -0.4 is 21.5 Å². The van der Waals surface area contributed by atoms with Crippen molar-refractivity contribution in [3.05, 3.63) is 100.0 Å². The molecule has 12 heteroatoms. The van der Waals surface area contributed by atoms with Crippen molar-refractivity contribution >= 4 is 17.8 Å². The fourth-order valence-corrected chi connectivity index (χ4v) is 6.00. The van der Waals surface area contributed by atoms with Crippen LogP contribution in [0.3, 0.4) is 0 Å². The molecule has 1 aliphatic rings. The molecule has 0 radical (unpaired) electrons. The van der Waals surface area contributed by atoms with E-state index in [-0.39, 0.29) is 36.7 Å². The zero-order chi connectivity index (χ0) is 33.3. The predicted molar refractivity (Wildman–Crippen MR) is 181 cm³/mol. The lowest BCUT2D eigenvalue weighted by molar-refractivity contribution is 0.0953. The highest BCUT2D eigenvalue weighted by Crippen LogP contribution is 2.31. The maximum absolute atomic E-state index is 13.8. The van der Waals surface area contributed by atoms with Gasteiger partial charge in [-0.3, -0.25) is 19.8 Å². The van der Waals surface area contributed by atoms with Gasteiger partial charge in [-0.2, -0.15) is 5.10 Å². The lowest BCUT2D eigenvalue weighted by Crippen LogP contribution is -2.42. The fraction of sp³-hybridized carbons (Fsp3) is 0.371. The minimum Gasteiger partial charge on any atom is -0.383 e. The number of likely N-dealkylation sites (tertiary alicyclic amines) is 1. The number of hydrogen-bond donors (Lipinski definition) is 3. The van der Waals surface area contributed by atoms with Crippen molar-refractivity contribution < 1.29 is 19.1 Å². The largest absolute Gasteiger partial charge is 0.383 e. The molecule has 1 saturated heterocycles. The molecule has 1 aliphatic heterocycles. The van der Waals surface area contributed by atoms with Crippen molar-refractivity contribution in [1.82, 2.24) is 29.9 Å². The molecule has 0 unspecified atom stereocenters. The number of methoxy groups -OCH3 is 2. The van der Waals surface area contributed by atoms with E-state index in [1.54, 1.807) is 38.1 Å². The Morgan fingerprint density at radius 1 is 0.957 bits per heavy atom. The minimum absolute atomic E-state index is 0.00702. The molecule has 2 aromatic heterocycles. The molecule has 47 heavy (non-hydrogen) atoms. The van der Waals surface area contributed by atoms with Crippen molar-refractivity contribution in [2.24, 2.45) is 0 Å². The maximum Gasteiger partial charge on any atom is 0.320 e. The number of amides is 3. The summed E-state index contributed by atoms with van der Waals surface area (Å²) in [6, 6.07) is 20.8. The van der Waals surface area contributed by atoms with Crippen molar-refractivity contribution in [2.45, 2.75) is 32.4 Å². The van der Waals surface area contributed by atoms with Gasteiger partial charge < -0.3 is 24.7 Å². The Morgan fingerprint density at radius 3 is 2.32 bits per heavy atom. The Bertz CT molecular complexity index is 1720. The molecular weight excluding hydrogens is 598 g/mol. The Morgan fingerprint density at radius 2 is 1.64 bits per heavy atom. The summed E-state index contributed by atoms with van der Waals surface area (Å²) in [5.74, 6) is 0.117. The lowest BCUT2D eigenvalue weighted by atomic mass is 9.94. The van der Waals surface area contributed by atoms with Crippen LogP contribution in [0.15, 0.2) is 77.7 Å². The molecule has 3 amide bonds. The number of aromatic nitrogens is 3. The van der Waals surface area contributed by atoms with E-state index in [0.29, 0.717) is 42.3 Å². The number of anilines is 1. The van der Waals surface area contributed by atoms with Gasteiger partial charge in [0, 0.05) is 70.2 Å². The summed E-state index contributed by atoms with van der Waals surface area (Å²) < 4.78 is 13.7. The van der Waals surface area contributed by atoms with E-state index in [9.17, 15) is 14.4 Å². The third-order valence-corrected chi connectivity index (χ3v) is 8.38. The van der Waals surface area contributed by atoms with E-state index >= 15 is 0 Å². The van der Waals surface area contributed by atoms with Crippen LogP contribution >= 0.6 is 0 Å². The normalized spacial score (nSPS) is 16.3. The Labute approximate surface area is 274 Å². The molecule has 5 rings (SSSR count). The van der Waals surface area contributed by atoms with Crippen molar-refractivity contribution in [3.63, 3.8) is 0 Å². The first kappa shape index (κ1) is 33.6. The standard InChI is InChI=1S/C35H43N7O5/c1-5-36-33(43)28-20-26(21-41(34(28)44)17-19-47-4)31-24(2)32(42(39-31)27-14-10-7-11-15-27)38-35(45)37-30-23-40(16-18-46-3)22-29(30)25-12-8-6-9-13-25/h6-15,20-21,29-30H,5,16-19,22-23H2,1-4H3,(H,36,43)(H2,37,38,45)/t29-,30+/m0/s1. The van der Waals surface area contributed by atoms with Gasteiger partial charge in [0.2, 0.25) is 0 Å². The molecule has 248 valence electrons. The average molecular weight is 642 g/mol. The first-order chi connectivity index (χ1) is 22.8. The summed E-state index contributed by atoms with van der Waals surface area (Å²) in [4.78, 5) is 42.2. The SMILES string of the molecule is CCNC(=O)c1cc(-c2nn(-c3ccccc3)c(NC(=O)N[C@@H]3CN(CCOC)C[C@H]3c3ccccc3)c2C)cn(CCOC)c1=O. The van der Waals surface area contributed by atoms with E-state index in [1.165, 1.54) is 4.57 Å². The first-order valence-electron chi connectivity index (χ1n) is 15.8. The first-order valence-corrected chi connectivity index (χ1v) is 15.8. The third-order valence-electron chi connectivity index (χ3n) is 8.38. The van der Waals surface area contributed by atoms with Crippen LogP contribution in [-0.4, -0.2) is 90.8 Å². The van der Waals surface area contributed by atoms with Crippen LogP contribution in [-0.2, 0) is 16.0 Å². The van der Waals surface area contributed by atoms with Gasteiger partial charge in [0.05, 0.1) is 30.6 Å². The number of pyridine rings is 1. The molecule has 0 aliphatic carbocycles. The highest BCUT2D eigenvalue weighted by molar-refractivity contribution is 5.95. The van der Waals surface area contributed by atoms with Gasteiger partial charge >= 0.3 is 6.03 Å². The predicted octanol–water partition coefficient (Wildman–Crippen LogP) is 3.64. The summed E-state index contributed by atoms with van der Waals surface area (Å²) in [6.07, 6.45) is 1.68. The van der Waals surface area contributed by atoms with Crippen molar-refractivity contribution in [1.29, 1.82) is 0 Å². The summed E-state index contributed by atoms with van der Waals surface area (Å²) >= 11 is 0. The average Bonchev–Trinajstić information content (AvgIpc) is 3.64. The molecular formula is C35H43N7O5.